The maximum absolute atomic E-state index is 14.8. The highest BCUT2D eigenvalue weighted by Crippen LogP contribution is 2.31. The summed E-state index contributed by atoms with van der Waals surface area (Å²) >= 11 is 6.77. The number of fused-ring (bicyclic) bond motifs is 18. The predicted octanol–water partition coefficient (Wildman–Crippen LogP) is 7.18. The van der Waals surface area contributed by atoms with Gasteiger partial charge in [-0.3, -0.25) is 24.0 Å². The number of halogens is 1. The van der Waals surface area contributed by atoms with Gasteiger partial charge in [0.25, 0.3) is 0 Å². The van der Waals surface area contributed by atoms with Gasteiger partial charge in [-0.1, -0.05) is 142 Å². The van der Waals surface area contributed by atoms with Crippen molar-refractivity contribution in [3.63, 3.8) is 0 Å². The van der Waals surface area contributed by atoms with Gasteiger partial charge in [-0.25, -0.2) is 4.79 Å². The Morgan fingerprint density at radius 1 is 0.662 bits per heavy atom. The zero-order valence-electron chi connectivity index (χ0n) is 36.8. The van der Waals surface area contributed by atoms with E-state index >= 15 is 0 Å². The first-order valence-corrected chi connectivity index (χ1v) is 22.4. The van der Waals surface area contributed by atoms with Crippen LogP contribution in [0.25, 0.3) is 11.1 Å². The third kappa shape index (κ3) is 13.8. The van der Waals surface area contributed by atoms with Gasteiger partial charge in [-0.15, -0.1) is 0 Å². The maximum atomic E-state index is 14.8. The second-order valence-corrected chi connectivity index (χ2v) is 17.5. The van der Waals surface area contributed by atoms with Crippen LogP contribution >= 0.6 is 11.6 Å². The van der Waals surface area contributed by atoms with Gasteiger partial charge in [0, 0.05) is 47.9 Å². The number of carboxylic acids is 1. The summed E-state index contributed by atoms with van der Waals surface area (Å²) in [5.41, 5.74) is 6.13. The molecule has 0 saturated heterocycles. The minimum absolute atomic E-state index is 0.00929. The standard InChI is InChI=1S/C52H56ClN5O7/c1-32(2)28-37-16-24-41(42(53)29-37)39-20-18-38(19-21-39)33(3)48-51(63)56-44(30-35-12-8-5-9-13-35)50(62)57-45(52(64)65)31-36-14-22-40(23-15-36)54-46(59)26-27-47(60)55-43(49(61)58-48)25-17-34-10-6-4-7-11-34/h4-16,18-24,29,32-33,43-45,48H,17,25-28,30-31H2,1-3H3,(H,54,59)(H,55,60)(H,56,63)(H,57,62)(H,58,61)(H,64,65). The van der Waals surface area contributed by atoms with Crippen molar-refractivity contribution in [2.45, 2.75) is 95.8 Å². The smallest absolute Gasteiger partial charge is 0.326 e. The number of carboxylic acid groups (broad SMARTS) is 1. The number of anilines is 1. The zero-order chi connectivity index (χ0) is 46.5. The molecule has 12 nitrogen and oxygen atoms in total. The van der Waals surface area contributed by atoms with Gasteiger partial charge in [-0.2, -0.15) is 0 Å². The Bertz CT molecular complexity index is 2450. The van der Waals surface area contributed by atoms with Crippen LogP contribution in [0.15, 0.2) is 127 Å². The number of aliphatic carboxylic acids is 1. The van der Waals surface area contributed by atoms with Crippen molar-refractivity contribution in [1.82, 2.24) is 21.3 Å². The Morgan fingerprint density at radius 2 is 1.29 bits per heavy atom. The van der Waals surface area contributed by atoms with E-state index in [1.165, 1.54) is 0 Å². The predicted molar refractivity (Wildman–Crippen MR) is 252 cm³/mol. The molecule has 5 atom stereocenters. The summed E-state index contributed by atoms with van der Waals surface area (Å²) in [5, 5.41) is 24.8. The molecule has 5 amide bonds. The van der Waals surface area contributed by atoms with E-state index in [-0.39, 0.29) is 32.1 Å². The van der Waals surface area contributed by atoms with E-state index in [0.717, 1.165) is 28.7 Å². The number of aryl methyl sites for hydroxylation is 1. The first-order valence-electron chi connectivity index (χ1n) is 22.0. The van der Waals surface area contributed by atoms with Crippen LogP contribution in [-0.4, -0.2) is 64.8 Å². The molecular formula is C52H56ClN5O7. The van der Waals surface area contributed by atoms with Crippen molar-refractivity contribution in [3.05, 3.63) is 160 Å². The minimum Gasteiger partial charge on any atom is -0.480 e. The molecule has 65 heavy (non-hydrogen) atoms. The third-order valence-electron chi connectivity index (χ3n) is 11.5. The summed E-state index contributed by atoms with van der Waals surface area (Å²) in [6.45, 7) is 6.08. The van der Waals surface area contributed by atoms with Crippen LogP contribution in [-0.2, 0) is 54.5 Å². The largest absolute Gasteiger partial charge is 0.480 e. The van der Waals surface area contributed by atoms with E-state index < -0.39 is 65.6 Å². The van der Waals surface area contributed by atoms with E-state index in [9.17, 15) is 33.9 Å². The van der Waals surface area contributed by atoms with Crippen LogP contribution in [0.5, 0.6) is 0 Å². The fourth-order valence-corrected chi connectivity index (χ4v) is 8.23. The number of benzene rings is 5. The molecule has 0 aliphatic carbocycles. The van der Waals surface area contributed by atoms with Crippen molar-refractivity contribution < 1.29 is 33.9 Å². The molecule has 5 unspecified atom stereocenters. The SMILES string of the molecule is CC(C)Cc1ccc(-c2ccc(C(C)C3NC(=O)C(CCc4ccccc4)NC(=O)CCC(=O)Nc4ccc(cc4)CC(C(=O)O)NC(=O)C(Cc4ccccc4)NC3=O)cc2)c(Cl)c1. The molecule has 6 N–H and O–H groups in total. The molecule has 2 heterocycles. The zero-order valence-corrected chi connectivity index (χ0v) is 37.6. The lowest BCUT2D eigenvalue weighted by atomic mass is 9.90. The highest BCUT2D eigenvalue weighted by Gasteiger charge is 2.35. The van der Waals surface area contributed by atoms with Gasteiger partial charge >= 0.3 is 5.97 Å². The molecular weight excluding hydrogens is 842 g/mol. The molecule has 0 aromatic heterocycles. The molecule has 5 aromatic carbocycles. The topological polar surface area (TPSA) is 183 Å². The van der Waals surface area contributed by atoms with Crippen molar-refractivity contribution in [2.75, 3.05) is 5.32 Å². The van der Waals surface area contributed by atoms with Gasteiger partial charge in [0.15, 0.2) is 0 Å². The molecule has 0 radical (unpaired) electrons. The van der Waals surface area contributed by atoms with Crippen LogP contribution in [0.3, 0.4) is 0 Å². The molecule has 0 saturated carbocycles. The van der Waals surface area contributed by atoms with E-state index in [1.807, 2.05) is 72.8 Å². The lowest BCUT2D eigenvalue weighted by Gasteiger charge is -2.29. The van der Waals surface area contributed by atoms with Crippen LogP contribution in [0, 0.1) is 5.92 Å². The van der Waals surface area contributed by atoms with Crippen LogP contribution in [0.1, 0.15) is 73.8 Å². The molecule has 338 valence electrons. The Morgan fingerprint density at radius 3 is 1.92 bits per heavy atom. The average molecular weight is 899 g/mol. The summed E-state index contributed by atoms with van der Waals surface area (Å²) in [6, 6.07) is 33.4. The number of hydrogen-bond acceptors (Lipinski definition) is 6. The van der Waals surface area contributed by atoms with Crippen LogP contribution in [0.2, 0.25) is 5.02 Å². The van der Waals surface area contributed by atoms with Crippen LogP contribution in [0.4, 0.5) is 5.69 Å². The number of hydrogen-bond donors (Lipinski definition) is 6. The fraction of sp³-hybridized carbons (Fsp3) is 0.308. The summed E-state index contributed by atoms with van der Waals surface area (Å²) < 4.78 is 0. The lowest BCUT2D eigenvalue weighted by Crippen LogP contribution is -2.59. The number of rotatable bonds is 11. The molecule has 2 bridgehead atoms. The molecule has 5 aromatic rings. The highest BCUT2D eigenvalue weighted by atomic mass is 35.5. The van der Waals surface area contributed by atoms with Gasteiger partial charge in [0.1, 0.15) is 24.2 Å². The average Bonchev–Trinajstić information content (AvgIpc) is 3.29. The molecule has 0 fully saturated rings. The van der Waals surface area contributed by atoms with Gasteiger partial charge in [-0.05, 0) is 76.8 Å². The van der Waals surface area contributed by atoms with E-state index in [0.29, 0.717) is 39.7 Å². The second kappa shape index (κ2) is 22.7. The summed E-state index contributed by atoms with van der Waals surface area (Å²) in [6.07, 6.45) is 0.994. The fourth-order valence-electron chi connectivity index (χ4n) is 7.92. The molecule has 2 aliphatic rings. The second-order valence-electron chi connectivity index (χ2n) is 17.1. The number of nitrogens with one attached hydrogen (secondary N) is 5. The lowest BCUT2D eigenvalue weighted by molar-refractivity contribution is -0.142. The summed E-state index contributed by atoms with van der Waals surface area (Å²) in [4.78, 5) is 82.5. The Hall–Kier alpha value is -6.79. The maximum Gasteiger partial charge on any atom is 0.326 e. The third-order valence-corrected chi connectivity index (χ3v) is 11.8. The van der Waals surface area contributed by atoms with Crippen LogP contribution < -0.4 is 26.6 Å². The van der Waals surface area contributed by atoms with Gasteiger partial charge < -0.3 is 31.7 Å². The summed E-state index contributed by atoms with van der Waals surface area (Å²) in [7, 11) is 0. The Kier molecular flexibility index (Phi) is 16.7. The summed E-state index contributed by atoms with van der Waals surface area (Å²) in [5.74, 6) is -4.56. The van der Waals surface area contributed by atoms with Crippen molar-refractivity contribution in [2.24, 2.45) is 5.92 Å². The first kappa shape index (κ1) is 47.7. The minimum atomic E-state index is -1.37. The van der Waals surface area contributed by atoms with Gasteiger partial charge in [0.05, 0.1) is 0 Å². The van der Waals surface area contributed by atoms with Crippen molar-refractivity contribution in [1.29, 1.82) is 0 Å². The normalized spacial score (nSPS) is 19.5. The van der Waals surface area contributed by atoms with Crippen molar-refractivity contribution in [3.8, 4) is 11.1 Å². The highest BCUT2D eigenvalue weighted by molar-refractivity contribution is 6.33. The molecule has 2 aliphatic heterocycles. The molecule has 13 heteroatoms. The Balaban J connectivity index is 1.36. The number of carbonyl (C=O) groups is 6. The van der Waals surface area contributed by atoms with E-state index in [4.69, 9.17) is 11.6 Å². The number of amides is 5. The monoisotopic (exact) mass is 897 g/mol. The van der Waals surface area contributed by atoms with Crippen molar-refractivity contribution >= 4 is 52.8 Å². The van der Waals surface area contributed by atoms with Gasteiger partial charge in [0.2, 0.25) is 29.5 Å². The first-order chi connectivity index (χ1) is 31.2. The Labute approximate surface area is 384 Å². The van der Waals surface area contributed by atoms with E-state index in [1.54, 1.807) is 55.5 Å². The van der Waals surface area contributed by atoms with E-state index in [2.05, 4.69) is 46.5 Å². The molecule has 7 rings (SSSR count). The quantitative estimate of drug-likeness (QED) is 0.0759. The number of carbonyl (C=O) groups excluding carboxylic acids is 5. The molecule has 0 spiro atoms.